The van der Waals surface area contributed by atoms with Crippen molar-refractivity contribution in [1.29, 1.82) is 0 Å². The lowest BCUT2D eigenvalue weighted by molar-refractivity contribution is -0.751. The number of aromatic amines is 1. The van der Waals surface area contributed by atoms with Crippen molar-refractivity contribution in [3.05, 3.63) is 52.0 Å². The van der Waals surface area contributed by atoms with Gasteiger partial charge in [-0.3, -0.25) is 14.1 Å². The molecule has 8 heteroatoms. The highest BCUT2D eigenvalue weighted by Gasteiger charge is 2.27. The van der Waals surface area contributed by atoms with E-state index in [4.69, 9.17) is 0 Å². The minimum Gasteiger partial charge on any atom is -0.338 e. The number of amides is 2. The first kappa shape index (κ1) is 19.4. The van der Waals surface area contributed by atoms with Crippen molar-refractivity contribution >= 4 is 11.8 Å². The predicted octanol–water partition coefficient (Wildman–Crippen LogP) is 0.859. The topological polar surface area (TPSA) is 90.5 Å². The average molecular weight is 399 g/mol. The number of likely N-dealkylation sites (tertiary alicyclic amines) is 1. The van der Waals surface area contributed by atoms with Crippen molar-refractivity contribution in [2.24, 2.45) is 5.92 Å². The molecule has 0 unspecified atom stereocenters. The smallest absolute Gasteiger partial charge is 0.338 e. The molecule has 1 aromatic carbocycles. The average Bonchev–Trinajstić information content (AvgIpc) is 3.16. The fourth-order valence-electron chi connectivity index (χ4n) is 4.27. The number of rotatable bonds is 5. The van der Waals surface area contributed by atoms with Crippen LogP contribution in [0.3, 0.4) is 0 Å². The van der Waals surface area contributed by atoms with Gasteiger partial charge in [0.1, 0.15) is 0 Å². The molecule has 2 aliphatic rings. The Hall–Kier alpha value is -2.90. The number of aromatic nitrogens is 2. The molecule has 4 rings (SSSR count). The van der Waals surface area contributed by atoms with E-state index in [1.54, 1.807) is 0 Å². The van der Waals surface area contributed by atoms with Crippen LogP contribution in [0.4, 0.5) is 0 Å². The van der Waals surface area contributed by atoms with Crippen LogP contribution in [0.1, 0.15) is 36.8 Å². The molecule has 2 aromatic rings. The van der Waals surface area contributed by atoms with Crippen LogP contribution in [0.15, 0.2) is 39.8 Å². The number of hydrogen-bond donors (Lipinski definition) is 1. The molecule has 1 fully saturated rings. The second-order valence-electron chi connectivity index (χ2n) is 7.97. The molecular formula is C21H27N4O4+. The minimum absolute atomic E-state index is 0.0337. The van der Waals surface area contributed by atoms with E-state index in [9.17, 15) is 14.4 Å². The molecule has 1 N–H and O–H groups in total. The molecule has 0 radical (unpaired) electrons. The lowest BCUT2D eigenvalue weighted by Gasteiger charge is -2.32. The zero-order valence-corrected chi connectivity index (χ0v) is 16.5. The largest absolute Gasteiger partial charge is 0.426 e. The summed E-state index contributed by atoms with van der Waals surface area (Å²) in [5.41, 5.74) is 2.11. The highest BCUT2D eigenvalue weighted by molar-refractivity contribution is 5.76. The Balaban J connectivity index is 1.19. The van der Waals surface area contributed by atoms with Gasteiger partial charge in [0, 0.05) is 32.6 Å². The summed E-state index contributed by atoms with van der Waals surface area (Å²) in [4.78, 5) is 39.8. The van der Waals surface area contributed by atoms with Crippen LogP contribution in [0, 0.1) is 5.92 Å². The van der Waals surface area contributed by atoms with Crippen LogP contribution in [0.2, 0.25) is 0 Å². The Morgan fingerprint density at radius 1 is 1.07 bits per heavy atom. The third-order valence-corrected chi connectivity index (χ3v) is 6.05. The fraction of sp³-hybridized carbons (Fsp3) is 0.524. The second-order valence-corrected chi connectivity index (χ2v) is 7.97. The normalized spacial score (nSPS) is 17.2. The predicted molar refractivity (Wildman–Crippen MR) is 104 cm³/mol. The number of carbonyl (C=O) groups excluding carboxylic acids is 2. The first-order valence-electron chi connectivity index (χ1n) is 10.3. The Morgan fingerprint density at radius 3 is 2.55 bits per heavy atom. The van der Waals surface area contributed by atoms with Crippen LogP contribution >= 0.6 is 0 Å². The molecule has 1 saturated heterocycles. The number of nitrogens with zero attached hydrogens (tertiary/aromatic N) is 3. The highest BCUT2D eigenvalue weighted by Crippen LogP contribution is 2.24. The third-order valence-electron chi connectivity index (χ3n) is 6.05. The number of nitrogens with one attached hydrogen (secondary N) is 1. The maximum absolute atomic E-state index is 12.6. The van der Waals surface area contributed by atoms with Crippen LogP contribution < -0.4 is 10.3 Å². The minimum atomic E-state index is -0.502. The monoisotopic (exact) mass is 399 g/mol. The molecule has 2 amide bonds. The summed E-state index contributed by atoms with van der Waals surface area (Å²) >= 11 is 0. The highest BCUT2D eigenvalue weighted by atomic mass is 16.5. The van der Waals surface area contributed by atoms with Gasteiger partial charge in [0.2, 0.25) is 5.91 Å². The van der Waals surface area contributed by atoms with Crippen molar-refractivity contribution in [2.45, 2.75) is 45.2 Å². The molecule has 0 bridgehead atoms. The van der Waals surface area contributed by atoms with E-state index in [2.05, 4.69) is 28.0 Å². The summed E-state index contributed by atoms with van der Waals surface area (Å²) in [6, 6.07) is 8.35. The molecule has 0 spiro atoms. The van der Waals surface area contributed by atoms with Gasteiger partial charge in [-0.2, -0.15) is 0 Å². The maximum atomic E-state index is 12.6. The summed E-state index contributed by atoms with van der Waals surface area (Å²) in [6.45, 7) is 2.98. The molecule has 1 aromatic heterocycles. The molecule has 8 nitrogen and oxygen atoms in total. The number of carbonyl (C=O) groups is 2. The summed E-state index contributed by atoms with van der Waals surface area (Å²) in [7, 11) is 0. The van der Waals surface area contributed by atoms with E-state index in [1.165, 1.54) is 22.0 Å². The molecule has 0 saturated carbocycles. The van der Waals surface area contributed by atoms with Crippen LogP contribution in [-0.4, -0.2) is 46.5 Å². The lowest BCUT2D eigenvalue weighted by atomic mass is 9.91. The summed E-state index contributed by atoms with van der Waals surface area (Å²) in [5.74, 6) is 0.674. The molecule has 29 heavy (non-hydrogen) atoms. The van der Waals surface area contributed by atoms with Gasteiger partial charge in [-0.25, -0.2) is 4.79 Å². The number of benzene rings is 1. The van der Waals surface area contributed by atoms with Crippen molar-refractivity contribution in [3.63, 3.8) is 0 Å². The fourth-order valence-corrected chi connectivity index (χ4v) is 4.27. The van der Waals surface area contributed by atoms with E-state index in [-0.39, 0.29) is 18.4 Å². The Bertz CT molecular complexity index is 927. The van der Waals surface area contributed by atoms with Crippen LogP contribution in [0.25, 0.3) is 0 Å². The molecule has 0 aliphatic carbocycles. The van der Waals surface area contributed by atoms with Gasteiger partial charge in [-0.15, -0.1) is 0 Å². The van der Waals surface area contributed by atoms with Gasteiger partial charge in [-0.05, 0) is 48.0 Å². The first-order valence-corrected chi connectivity index (χ1v) is 10.3. The van der Waals surface area contributed by atoms with E-state index in [0.717, 1.165) is 38.8 Å². The molecule has 2 aliphatic heterocycles. The summed E-state index contributed by atoms with van der Waals surface area (Å²) in [6.07, 6.45) is 5.44. The third kappa shape index (κ3) is 4.75. The summed E-state index contributed by atoms with van der Waals surface area (Å²) < 4.78 is 5.92. The van der Waals surface area contributed by atoms with Crippen molar-refractivity contribution in [2.75, 3.05) is 19.6 Å². The standard InChI is InChI=1S/C21H26N4O4/c26-19(24-12-9-17-3-1-2-4-18(17)13-24)6-5-16-7-10-23(11-8-16)20(27)14-25-15-21(28)29-22-25/h1-4,15-16H,5-14H2/p+1. The number of fused-ring (bicyclic) bond motifs is 1. The van der Waals surface area contributed by atoms with Gasteiger partial charge < -0.3 is 9.80 Å². The van der Waals surface area contributed by atoms with Gasteiger partial charge >= 0.3 is 5.63 Å². The van der Waals surface area contributed by atoms with Gasteiger partial charge in [0.15, 0.2) is 0 Å². The maximum Gasteiger partial charge on any atom is 0.426 e. The number of hydrogen-bond acceptors (Lipinski definition) is 4. The zero-order valence-electron chi connectivity index (χ0n) is 16.5. The number of piperidine rings is 1. The second kappa shape index (κ2) is 8.63. The van der Waals surface area contributed by atoms with E-state index >= 15 is 0 Å². The summed E-state index contributed by atoms with van der Waals surface area (Å²) in [5, 5.41) is 2.39. The van der Waals surface area contributed by atoms with E-state index in [0.29, 0.717) is 25.4 Å². The molecule has 0 atom stereocenters. The van der Waals surface area contributed by atoms with Gasteiger partial charge in [0.05, 0.1) is 0 Å². The van der Waals surface area contributed by atoms with Crippen LogP contribution in [-0.2, 0) is 29.1 Å². The number of H-pyrrole nitrogens is 1. The molecular weight excluding hydrogens is 372 g/mol. The van der Waals surface area contributed by atoms with Gasteiger partial charge in [-0.1, -0.05) is 28.9 Å². The zero-order chi connectivity index (χ0) is 20.2. The Labute approximate surface area is 169 Å². The van der Waals surface area contributed by atoms with Gasteiger partial charge in [0.25, 0.3) is 18.6 Å². The van der Waals surface area contributed by atoms with Crippen molar-refractivity contribution in [3.8, 4) is 0 Å². The van der Waals surface area contributed by atoms with E-state index < -0.39 is 5.63 Å². The molecule has 154 valence electrons. The first-order chi connectivity index (χ1) is 14.1. The SMILES string of the molecule is O=C(C[n+]1cc(=O)o[nH]1)N1CCC(CCC(=O)N2CCc3ccccc3C2)CC1. The Morgan fingerprint density at radius 2 is 1.83 bits per heavy atom. The van der Waals surface area contributed by atoms with E-state index in [1.807, 2.05) is 15.9 Å². The Kier molecular flexibility index (Phi) is 5.78. The quantitative estimate of drug-likeness (QED) is 0.755. The van der Waals surface area contributed by atoms with Crippen molar-refractivity contribution in [1.82, 2.24) is 15.1 Å². The van der Waals surface area contributed by atoms with Crippen molar-refractivity contribution < 1.29 is 18.8 Å². The lowest BCUT2D eigenvalue weighted by Crippen LogP contribution is -2.48. The molecule has 3 heterocycles. The van der Waals surface area contributed by atoms with Crippen LogP contribution in [0.5, 0.6) is 0 Å².